The van der Waals surface area contributed by atoms with Crippen molar-refractivity contribution in [3.05, 3.63) is 22.8 Å². The average Bonchev–Trinajstić information content (AvgIpc) is 2.59. The van der Waals surface area contributed by atoms with Crippen LogP contribution in [0.3, 0.4) is 0 Å². The molecular weight excluding hydrogens is 324 g/mol. The fourth-order valence-electron chi connectivity index (χ4n) is 6.24. The standard InChI is InChI=1S/C23H34O3/c1-14(2)17-12-16-8-9-20-22(4,19(16)13-18(17)15(3)24)10-7-11-23(20,5)21(25)26-6/h13-14,17,20H,7-12H2,1-6H3. The van der Waals surface area contributed by atoms with Gasteiger partial charge in [-0.3, -0.25) is 9.59 Å². The van der Waals surface area contributed by atoms with E-state index in [0.29, 0.717) is 11.8 Å². The number of Topliss-reactive ketones (excluding diaryl/α,β-unsaturated/α-hetero) is 1. The van der Waals surface area contributed by atoms with Crippen LogP contribution < -0.4 is 0 Å². The molecule has 3 heteroatoms. The van der Waals surface area contributed by atoms with Crippen LogP contribution >= 0.6 is 0 Å². The van der Waals surface area contributed by atoms with Crippen molar-refractivity contribution in [3.8, 4) is 0 Å². The molecule has 1 saturated carbocycles. The lowest BCUT2D eigenvalue weighted by Crippen LogP contribution is -2.51. The first-order valence-corrected chi connectivity index (χ1v) is 10.2. The Balaban J connectivity index is 2.07. The number of ketones is 1. The van der Waals surface area contributed by atoms with Gasteiger partial charge in [0.1, 0.15) is 0 Å². The Bertz CT molecular complexity index is 684. The van der Waals surface area contributed by atoms with Crippen molar-refractivity contribution in [2.24, 2.45) is 28.6 Å². The molecule has 3 aliphatic rings. The van der Waals surface area contributed by atoms with Crippen LogP contribution in [0.15, 0.2) is 22.8 Å². The minimum Gasteiger partial charge on any atom is -0.469 e. The zero-order valence-corrected chi connectivity index (χ0v) is 17.3. The number of fused-ring (bicyclic) bond motifs is 2. The number of carbonyl (C=O) groups excluding carboxylic acids is 2. The second kappa shape index (κ2) is 6.65. The van der Waals surface area contributed by atoms with Gasteiger partial charge in [-0.1, -0.05) is 38.8 Å². The summed E-state index contributed by atoms with van der Waals surface area (Å²) in [5.74, 6) is 1.23. The van der Waals surface area contributed by atoms with Gasteiger partial charge >= 0.3 is 5.97 Å². The van der Waals surface area contributed by atoms with Gasteiger partial charge in [-0.2, -0.15) is 0 Å². The maximum atomic E-state index is 12.7. The molecule has 0 aromatic carbocycles. The zero-order valence-electron chi connectivity index (χ0n) is 17.3. The molecule has 0 radical (unpaired) electrons. The molecule has 3 nitrogen and oxygen atoms in total. The zero-order chi connectivity index (χ0) is 19.3. The first-order valence-electron chi connectivity index (χ1n) is 10.2. The topological polar surface area (TPSA) is 43.4 Å². The third-order valence-corrected chi connectivity index (χ3v) is 7.69. The third-order valence-electron chi connectivity index (χ3n) is 7.69. The molecule has 26 heavy (non-hydrogen) atoms. The maximum Gasteiger partial charge on any atom is 0.311 e. The third kappa shape index (κ3) is 2.78. The first kappa shape index (κ1) is 19.4. The normalized spacial score (nSPS) is 37.0. The van der Waals surface area contributed by atoms with Gasteiger partial charge < -0.3 is 4.74 Å². The number of methoxy groups -OCH3 is 1. The average molecular weight is 359 g/mol. The summed E-state index contributed by atoms with van der Waals surface area (Å²) in [5.41, 5.74) is 3.44. The van der Waals surface area contributed by atoms with Gasteiger partial charge in [0.05, 0.1) is 12.5 Å². The van der Waals surface area contributed by atoms with E-state index in [2.05, 4.69) is 33.8 Å². The largest absolute Gasteiger partial charge is 0.469 e. The fraction of sp³-hybridized carbons (Fsp3) is 0.739. The molecule has 0 saturated heterocycles. The Morgan fingerprint density at radius 1 is 1.23 bits per heavy atom. The van der Waals surface area contributed by atoms with Gasteiger partial charge in [0.25, 0.3) is 0 Å². The van der Waals surface area contributed by atoms with Crippen LogP contribution in [0.1, 0.15) is 73.1 Å². The predicted molar refractivity (Wildman–Crippen MR) is 104 cm³/mol. The van der Waals surface area contributed by atoms with Crippen LogP contribution in [0, 0.1) is 28.6 Å². The fourth-order valence-corrected chi connectivity index (χ4v) is 6.24. The molecule has 0 N–H and O–H groups in total. The molecule has 0 heterocycles. The number of allylic oxidation sites excluding steroid dienone is 4. The molecule has 0 aromatic heterocycles. The molecule has 3 rings (SSSR count). The highest BCUT2D eigenvalue weighted by atomic mass is 16.5. The van der Waals surface area contributed by atoms with Crippen LogP contribution in [0.2, 0.25) is 0 Å². The molecule has 144 valence electrons. The summed E-state index contributed by atoms with van der Waals surface area (Å²) in [4.78, 5) is 25.0. The molecule has 0 amide bonds. The Morgan fingerprint density at radius 3 is 2.50 bits per heavy atom. The van der Waals surface area contributed by atoms with Crippen LogP contribution in [0.4, 0.5) is 0 Å². The minimum atomic E-state index is -0.417. The number of rotatable bonds is 3. The van der Waals surface area contributed by atoms with Crippen molar-refractivity contribution in [2.75, 3.05) is 7.11 Å². The van der Waals surface area contributed by atoms with Crippen LogP contribution in [-0.4, -0.2) is 18.9 Å². The van der Waals surface area contributed by atoms with Crippen molar-refractivity contribution < 1.29 is 14.3 Å². The quantitative estimate of drug-likeness (QED) is 0.647. The van der Waals surface area contributed by atoms with Crippen LogP contribution in [-0.2, 0) is 14.3 Å². The highest BCUT2D eigenvalue weighted by molar-refractivity contribution is 5.95. The lowest BCUT2D eigenvalue weighted by molar-refractivity contribution is -0.162. The number of esters is 1. The van der Waals surface area contributed by atoms with Gasteiger partial charge in [0, 0.05) is 0 Å². The second-order valence-electron chi connectivity index (χ2n) is 9.50. The smallest absolute Gasteiger partial charge is 0.311 e. The SMILES string of the molecule is COC(=O)C1(C)CCCC2(C)C3=C(CCC12)CC(C(C)C)C(C(C)=O)=C3. The summed E-state index contributed by atoms with van der Waals surface area (Å²) in [6, 6.07) is 0. The van der Waals surface area contributed by atoms with Crippen molar-refractivity contribution in [1.82, 2.24) is 0 Å². The molecule has 0 aliphatic heterocycles. The molecule has 4 atom stereocenters. The highest BCUT2D eigenvalue weighted by Gasteiger charge is 2.56. The molecular formula is C23H34O3. The van der Waals surface area contributed by atoms with E-state index in [4.69, 9.17) is 4.74 Å². The Morgan fingerprint density at radius 2 is 1.92 bits per heavy atom. The number of ether oxygens (including phenoxy) is 1. The van der Waals surface area contributed by atoms with E-state index in [1.807, 2.05) is 0 Å². The monoisotopic (exact) mass is 358 g/mol. The number of hydrogen-bond donors (Lipinski definition) is 0. The molecule has 0 spiro atoms. The summed E-state index contributed by atoms with van der Waals surface area (Å²) >= 11 is 0. The highest BCUT2D eigenvalue weighted by Crippen LogP contribution is 2.62. The van der Waals surface area contributed by atoms with E-state index in [1.165, 1.54) is 18.3 Å². The Kier molecular flexibility index (Phi) is 4.96. The molecule has 0 bridgehead atoms. The maximum absolute atomic E-state index is 12.7. The summed E-state index contributed by atoms with van der Waals surface area (Å²) < 4.78 is 5.21. The van der Waals surface area contributed by atoms with E-state index in [9.17, 15) is 9.59 Å². The van der Waals surface area contributed by atoms with Crippen LogP contribution in [0.5, 0.6) is 0 Å². The second-order valence-corrected chi connectivity index (χ2v) is 9.50. The van der Waals surface area contributed by atoms with Crippen molar-refractivity contribution in [2.45, 2.75) is 73.1 Å². The lowest BCUT2D eigenvalue weighted by Gasteiger charge is -2.55. The van der Waals surface area contributed by atoms with E-state index in [0.717, 1.165) is 44.1 Å². The van der Waals surface area contributed by atoms with E-state index in [1.54, 1.807) is 6.92 Å². The van der Waals surface area contributed by atoms with Gasteiger partial charge in [-0.25, -0.2) is 0 Å². The molecule has 1 fully saturated rings. The van der Waals surface area contributed by atoms with E-state index < -0.39 is 5.41 Å². The number of hydrogen-bond acceptors (Lipinski definition) is 3. The van der Waals surface area contributed by atoms with Crippen LogP contribution in [0.25, 0.3) is 0 Å². The lowest BCUT2D eigenvalue weighted by atomic mass is 9.48. The van der Waals surface area contributed by atoms with Crippen molar-refractivity contribution in [3.63, 3.8) is 0 Å². The van der Waals surface area contributed by atoms with Gasteiger partial charge in [0.15, 0.2) is 5.78 Å². The molecule has 0 aromatic rings. The van der Waals surface area contributed by atoms with Gasteiger partial charge in [-0.05, 0) is 80.3 Å². The molecule has 3 aliphatic carbocycles. The van der Waals surface area contributed by atoms with Gasteiger partial charge in [0.2, 0.25) is 0 Å². The summed E-state index contributed by atoms with van der Waals surface area (Å²) in [5, 5.41) is 0. The number of carbonyl (C=O) groups is 2. The minimum absolute atomic E-state index is 0.0303. The summed E-state index contributed by atoms with van der Waals surface area (Å²) in [6.07, 6.45) is 8.36. The van der Waals surface area contributed by atoms with E-state index >= 15 is 0 Å². The first-order chi connectivity index (χ1) is 12.1. The van der Waals surface area contributed by atoms with E-state index in [-0.39, 0.29) is 23.1 Å². The summed E-state index contributed by atoms with van der Waals surface area (Å²) in [7, 11) is 1.51. The Hall–Kier alpha value is -1.38. The summed E-state index contributed by atoms with van der Waals surface area (Å²) in [6.45, 7) is 10.6. The van der Waals surface area contributed by atoms with Crippen molar-refractivity contribution in [1.29, 1.82) is 0 Å². The predicted octanol–water partition coefficient (Wildman–Crippen LogP) is 5.25. The molecule has 4 unspecified atom stereocenters. The Labute approximate surface area is 158 Å². The van der Waals surface area contributed by atoms with Crippen molar-refractivity contribution >= 4 is 11.8 Å². The van der Waals surface area contributed by atoms with Gasteiger partial charge in [-0.15, -0.1) is 0 Å².